The maximum absolute atomic E-state index is 6.90. The van der Waals surface area contributed by atoms with Crippen molar-refractivity contribution >= 4 is 18.7 Å². The molecule has 0 aromatic heterocycles. The van der Waals surface area contributed by atoms with E-state index in [1.807, 2.05) is 0 Å². The van der Waals surface area contributed by atoms with E-state index in [2.05, 4.69) is 74.1 Å². The van der Waals surface area contributed by atoms with E-state index in [0.29, 0.717) is 12.0 Å². The Bertz CT molecular complexity index is 542. The molecule has 0 bridgehead atoms. The van der Waals surface area contributed by atoms with Crippen LogP contribution in [0.5, 0.6) is 0 Å². The first-order chi connectivity index (χ1) is 10.7. The van der Waals surface area contributed by atoms with Crippen LogP contribution >= 0.6 is 0 Å². The minimum absolute atomic E-state index is 0.408. The van der Waals surface area contributed by atoms with Crippen molar-refractivity contribution in [2.75, 3.05) is 0 Å². The van der Waals surface area contributed by atoms with Crippen LogP contribution in [0.4, 0.5) is 0 Å². The summed E-state index contributed by atoms with van der Waals surface area (Å²) in [4.78, 5) is 0. The normalized spacial score (nSPS) is 22.5. The zero-order valence-electron chi connectivity index (χ0n) is 13.7. The second-order valence-electron chi connectivity index (χ2n) is 6.68. The standard InChI is InChI=1S/C20H26OSi/c1-17-11-9-10-16-20(17)21-22(2,18-12-5-3-6-13-18)19-14-7-4-8-15-19/h3-8,12-15,17,20H,9-11,16H2,1-2H3/t17-,20-/m0/s1. The maximum Gasteiger partial charge on any atom is 0.253 e. The summed E-state index contributed by atoms with van der Waals surface area (Å²) in [5, 5.41) is 2.75. The van der Waals surface area contributed by atoms with E-state index in [1.54, 1.807) is 0 Å². The van der Waals surface area contributed by atoms with E-state index < -0.39 is 8.32 Å². The van der Waals surface area contributed by atoms with Gasteiger partial charge in [-0.05, 0) is 35.7 Å². The molecule has 0 heterocycles. The molecule has 1 aliphatic carbocycles. The average molecular weight is 311 g/mol. The molecule has 0 radical (unpaired) electrons. The Morgan fingerprint density at radius 3 is 1.82 bits per heavy atom. The van der Waals surface area contributed by atoms with Gasteiger partial charge in [-0.3, -0.25) is 0 Å². The van der Waals surface area contributed by atoms with Crippen molar-refractivity contribution in [3.8, 4) is 0 Å². The summed E-state index contributed by atoms with van der Waals surface area (Å²) in [6.45, 7) is 4.72. The van der Waals surface area contributed by atoms with E-state index in [0.717, 1.165) is 0 Å². The zero-order valence-corrected chi connectivity index (χ0v) is 14.7. The van der Waals surface area contributed by atoms with Crippen molar-refractivity contribution in [2.24, 2.45) is 5.92 Å². The highest BCUT2D eigenvalue weighted by molar-refractivity contribution is 6.96. The lowest BCUT2D eigenvalue weighted by Crippen LogP contribution is -2.60. The number of benzene rings is 2. The summed E-state index contributed by atoms with van der Waals surface area (Å²) < 4.78 is 6.90. The maximum atomic E-state index is 6.90. The molecule has 0 spiro atoms. The molecule has 2 heteroatoms. The highest BCUT2D eigenvalue weighted by Gasteiger charge is 2.38. The summed E-state index contributed by atoms with van der Waals surface area (Å²) >= 11 is 0. The van der Waals surface area contributed by atoms with Gasteiger partial charge in [0, 0.05) is 6.10 Å². The van der Waals surface area contributed by atoms with Crippen LogP contribution in [0, 0.1) is 5.92 Å². The van der Waals surface area contributed by atoms with Gasteiger partial charge in [0.2, 0.25) is 0 Å². The van der Waals surface area contributed by atoms with Gasteiger partial charge in [0.15, 0.2) is 0 Å². The van der Waals surface area contributed by atoms with Gasteiger partial charge < -0.3 is 4.43 Å². The van der Waals surface area contributed by atoms with Gasteiger partial charge in [0.1, 0.15) is 0 Å². The molecule has 0 aliphatic heterocycles. The molecular formula is C20H26OSi. The van der Waals surface area contributed by atoms with Crippen LogP contribution in [0.25, 0.3) is 0 Å². The van der Waals surface area contributed by atoms with Crippen molar-refractivity contribution < 1.29 is 4.43 Å². The first kappa shape index (κ1) is 15.5. The molecular weight excluding hydrogens is 284 g/mol. The average Bonchev–Trinajstić information content (AvgIpc) is 2.58. The second-order valence-corrected chi connectivity index (χ2v) is 10.1. The lowest BCUT2D eigenvalue weighted by atomic mass is 9.88. The van der Waals surface area contributed by atoms with Crippen LogP contribution in [0.2, 0.25) is 6.55 Å². The predicted molar refractivity (Wildman–Crippen MR) is 96.3 cm³/mol. The molecule has 0 unspecified atom stereocenters. The summed E-state index contributed by atoms with van der Waals surface area (Å²) in [6, 6.07) is 21.7. The molecule has 1 aliphatic rings. The molecule has 0 amide bonds. The topological polar surface area (TPSA) is 9.23 Å². The van der Waals surface area contributed by atoms with Gasteiger partial charge in [0.25, 0.3) is 8.32 Å². The van der Waals surface area contributed by atoms with Crippen molar-refractivity contribution in [3.63, 3.8) is 0 Å². The fourth-order valence-corrected chi connectivity index (χ4v) is 6.79. The predicted octanol–water partition coefficient (Wildman–Crippen LogP) is 3.97. The number of hydrogen-bond acceptors (Lipinski definition) is 1. The van der Waals surface area contributed by atoms with Crippen LogP contribution in [0.15, 0.2) is 60.7 Å². The Labute approximate surface area is 135 Å². The van der Waals surface area contributed by atoms with Crippen LogP contribution < -0.4 is 10.4 Å². The fourth-order valence-electron chi connectivity index (χ4n) is 3.58. The summed E-state index contributed by atoms with van der Waals surface area (Å²) in [5.74, 6) is 0.674. The third-order valence-corrected chi connectivity index (χ3v) is 8.71. The quantitative estimate of drug-likeness (QED) is 0.776. The van der Waals surface area contributed by atoms with E-state index in [-0.39, 0.29) is 0 Å². The molecule has 2 aromatic carbocycles. The molecule has 1 saturated carbocycles. The Morgan fingerprint density at radius 2 is 1.32 bits per heavy atom. The smallest absolute Gasteiger partial charge is 0.253 e. The molecule has 1 fully saturated rings. The van der Waals surface area contributed by atoms with Crippen LogP contribution in [-0.2, 0) is 4.43 Å². The Kier molecular flexibility index (Phi) is 4.80. The molecule has 0 saturated heterocycles. The van der Waals surface area contributed by atoms with Crippen molar-refractivity contribution in [2.45, 2.75) is 45.3 Å². The molecule has 2 atom stereocenters. The van der Waals surface area contributed by atoms with Gasteiger partial charge in [-0.1, -0.05) is 80.4 Å². The van der Waals surface area contributed by atoms with E-state index in [9.17, 15) is 0 Å². The summed E-state index contributed by atoms with van der Waals surface area (Å²) in [6.07, 6.45) is 5.59. The molecule has 2 aromatic rings. The van der Waals surface area contributed by atoms with Gasteiger partial charge in [-0.25, -0.2) is 0 Å². The molecule has 3 rings (SSSR count). The van der Waals surface area contributed by atoms with E-state index >= 15 is 0 Å². The lowest BCUT2D eigenvalue weighted by Gasteiger charge is -2.38. The third-order valence-electron chi connectivity index (χ3n) is 5.07. The number of hydrogen-bond donors (Lipinski definition) is 0. The first-order valence-electron chi connectivity index (χ1n) is 8.49. The Balaban J connectivity index is 1.96. The molecule has 1 nitrogen and oxygen atoms in total. The molecule has 116 valence electrons. The first-order valence-corrected chi connectivity index (χ1v) is 10.9. The number of rotatable bonds is 4. The van der Waals surface area contributed by atoms with Gasteiger partial charge >= 0.3 is 0 Å². The van der Waals surface area contributed by atoms with E-state index in [4.69, 9.17) is 4.43 Å². The zero-order chi connectivity index (χ0) is 15.4. The minimum atomic E-state index is -2.13. The minimum Gasteiger partial charge on any atom is -0.405 e. The highest BCUT2D eigenvalue weighted by atomic mass is 28.4. The third kappa shape index (κ3) is 3.18. The van der Waals surface area contributed by atoms with Gasteiger partial charge in [0.05, 0.1) is 0 Å². The van der Waals surface area contributed by atoms with Gasteiger partial charge in [-0.15, -0.1) is 0 Å². The lowest BCUT2D eigenvalue weighted by molar-refractivity contribution is 0.0994. The van der Waals surface area contributed by atoms with Gasteiger partial charge in [-0.2, -0.15) is 0 Å². The SMILES string of the molecule is C[C@H]1CCCC[C@@H]1O[Si](C)(c1ccccc1)c1ccccc1. The second kappa shape index (κ2) is 6.80. The van der Waals surface area contributed by atoms with Crippen molar-refractivity contribution in [3.05, 3.63) is 60.7 Å². The van der Waals surface area contributed by atoms with Crippen molar-refractivity contribution in [1.29, 1.82) is 0 Å². The van der Waals surface area contributed by atoms with E-state index in [1.165, 1.54) is 36.1 Å². The van der Waals surface area contributed by atoms with Crippen LogP contribution in [0.1, 0.15) is 32.6 Å². The van der Waals surface area contributed by atoms with Crippen LogP contribution in [-0.4, -0.2) is 14.4 Å². The Hall–Kier alpha value is -1.38. The fraction of sp³-hybridized carbons (Fsp3) is 0.400. The summed E-state index contributed by atoms with van der Waals surface area (Å²) in [7, 11) is -2.13. The Morgan fingerprint density at radius 1 is 0.818 bits per heavy atom. The van der Waals surface area contributed by atoms with Crippen molar-refractivity contribution in [1.82, 2.24) is 0 Å². The highest BCUT2D eigenvalue weighted by Crippen LogP contribution is 2.28. The molecule has 22 heavy (non-hydrogen) atoms. The molecule has 0 N–H and O–H groups in total. The largest absolute Gasteiger partial charge is 0.405 e. The van der Waals surface area contributed by atoms with Crippen LogP contribution in [0.3, 0.4) is 0 Å². The monoisotopic (exact) mass is 310 g/mol. The summed E-state index contributed by atoms with van der Waals surface area (Å²) in [5.41, 5.74) is 0.